The van der Waals surface area contributed by atoms with E-state index in [1.54, 1.807) is 0 Å². The highest BCUT2D eigenvalue weighted by Gasteiger charge is 2.23. The van der Waals surface area contributed by atoms with Crippen LogP contribution in [-0.2, 0) is 0 Å². The minimum atomic E-state index is 0.540. The Bertz CT molecular complexity index is 399. The summed E-state index contributed by atoms with van der Waals surface area (Å²) in [5, 5.41) is 6.65. The molecule has 0 bridgehead atoms. The maximum atomic E-state index is 4.54. The smallest absolute Gasteiger partial charge is 0.224 e. The Morgan fingerprint density at radius 3 is 2.68 bits per heavy atom. The number of nitrogens with one attached hydrogen (secondary N) is 2. The predicted octanol–water partition coefficient (Wildman–Crippen LogP) is 3.60. The van der Waals surface area contributed by atoms with Crippen LogP contribution in [0, 0.1) is 12.8 Å². The molecule has 4 heteroatoms. The fourth-order valence-electron chi connectivity index (χ4n) is 2.97. The van der Waals surface area contributed by atoms with Crippen molar-refractivity contribution in [2.75, 3.05) is 17.7 Å². The summed E-state index contributed by atoms with van der Waals surface area (Å²) in [6.07, 6.45) is 9.92. The van der Waals surface area contributed by atoms with Gasteiger partial charge in [0.15, 0.2) is 0 Å². The van der Waals surface area contributed by atoms with E-state index in [0.29, 0.717) is 12.0 Å². The van der Waals surface area contributed by atoms with Gasteiger partial charge in [-0.15, -0.1) is 0 Å². The molecule has 4 nitrogen and oxygen atoms in total. The van der Waals surface area contributed by atoms with Crippen LogP contribution in [0.5, 0.6) is 0 Å². The summed E-state index contributed by atoms with van der Waals surface area (Å²) in [4.78, 5) is 8.78. The van der Waals surface area contributed by atoms with Crippen molar-refractivity contribution in [1.29, 1.82) is 0 Å². The molecule has 0 amide bonds. The minimum absolute atomic E-state index is 0.540. The minimum Gasteiger partial charge on any atom is -0.367 e. The van der Waals surface area contributed by atoms with E-state index in [9.17, 15) is 0 Å². The number of hydrogen-bond donors (Lipinski definition) is 2. The van der Waals surface area contributed by atoms with E-state index in [4.69, 9.17) is 0 Å². The highest BCUT2D eigenvalue weighted by Crippen LogP contribution is 2.29. The third-order valence-electron chi connectivity index (χ3n) is 4.18. The van der Waals surface area contributed by atoms with Gasteiger partial charge in [0.05, 0.1) is 0 Å². The van der Waals surface area contributed by atoms with E-state index < -0.39 is 0 Å². The quantitative estimate of drug-likeness (QED) is 0.851. The normalized spacial score (nSPS) is 18.1. The molecule has 1 unspecified atom stereocenters. The van der Waals surface area contributed by atoms with Crippen molar-refractivity contribution in [2.45, 2.75) is 58.4 Å². The summed E-state index contributed by atoms with van der Waals surface area (Å²) in [6, 6.07) is 0.540. The molecular formula is C15H26N4. The second-order valence-electron chi connectivity index (χ2n) is 5.53. The lowest BCUT2D eigenvalue weighted by atomic mass is 9.83. The zero-order valence-corrected chi connectivity index (χ0v) is 12.4. The van der Waals surface area contributed by atoms with Gasteiger partial charge in [-0.05, 0) is 32.1 Å². The van der Waals surface area contributed by atoms with Crippen molar-refractivity contribution in [3.63, 3.8) is 0 Å². The number of anilines is 2. The lowest BCUT2D eigenvalue weighted by Gasteiger charge is -2.31. The largest absolute Gasteiger partial charge is 0.367 e. The van der Waals surface area contributed by atoms with E-state index in [2.05, 4.69) is 34.4 Å². The molecule has 0 aliphatic heterocycles. The standard InChI is InChI=1S/C15H26N4/c1-4-13(12-8-6-5-7-9-12)18-14-11(2)10-17-15(16-3)19-14/h10,12-13H,4-9H2,1-3H3,(H2,16,17,18,19). The van der Waals surface area contributed by atoms with Gasteiger partial charge < -0.3 is 10.6 Å². The van der Waals surface area contributed by atoms with Crippen LogP contribution in [-0.4, -0.2) is 23.1 Å². The van der Waals surface area contributed by atoms with Crippen molar-refractivity contribution in [3.8, 4) is 0 Å². The Morgan fingerprint density at radius 2 is 2.05 bits per heavy atom. The lowest BCUT2D eigenvalue weighted by Crippen LogP contribution is -2.30. The zero-order chi connectivity index (χ0) is 13.7. The number of aromatic nitrogens is 2. The van der Waals surface area contributed by atoms with Crippen LogP contribution < -0.4 is 10.6 Å². The molecule has 1 aromatic heterocycles. The highest BCUT2D eigenvalue weighted by atomic mass is 15.1. The number of nitrogens with zero attached hydrogens (tertiary/aromatic N) is 2. The summed E-state index contributed by atoms with van der Waals surface area (Å²) in [6.45, 7) is 4.33. The van der Waals surface area contributed by atoms with Gasteiger partial charge in [0.1, 0.15) is 5.82 Å². The van der Waals surface area contributed by atoms with Gasteiger partial charge in [-0.3, -0.25) is 0 Å². The topological polar surface area (TPSA) is 49.8 Å². The predicted molar refractivity (Wildman–Crippen MR) is 80.6 cm³/mol. The van der Waals surface area contributed by atoms with Crippen LogP contribution >= 0.6 is 0 Å². The van der Waals surface area contributed by atoms with Crippen LogP contribution in [0.4, 0.5) is 11.8 Å². The summed E-state index contributed by atoms with van der Waals surface area (Å²) in [7, 11) is 1.85. The van der Waals surface area contributed by atoms with E-state index in [-0.39, 0.29) is 0 Å². The molecule has 19 heavy (non-hydrogen) atoms. The number of aryl methyl sites for hydroxylation is 1. The maximum absolute atomic E-state index is 4.54. The van der Waals surface area contributed by atoms with Gasteiger partial charge >= 0.3 is 0 Å². The third kappa shape index (κ3) is 3.58. The first-order valence-electron chi connectivity index (χ1n) is 7.52. The SMILES string of the molecule is CCC(Nc1nc(NC)ncc1C)C1CCCCC1. The van der Waals surface area contributed by atoms with Crippen molar-refractivity contribution < 1.29 is 0 Å². The zero-order valence-electron chi connectivity index (χ0n) is 12.4. The number of hydrogen-bond acceptors (Lipinski definition) is 4. The van der Waals surface area contributed by atoms with Gasteiger partial charge in [-0.25, -0.2) is 4.98 Å². The van der Waals surface area contributed by atoms with Crippen molar-refractivity contribution in [1.82, 2.24) is 9.97 Å². The summed E-state index contributed by atoms with van der Waals surface area (Å²) in [5.41, 5.74) is 1.12. The summed E-state index contributed by atoms with van der Waals surface area (Å²) < 4.78 is 0. The fraction of sp³-hybridized carbons (Fsp3) is 0.733. The molecule has 0 radical (unpaired) electrons. The molecule has 1 aromatic rings. The van der Waals surface area contributed by atoms with E-state index in [0.717, 1.165) is 23.7 Å². The molecular weight excluding hydrogens is 236 g/mol. The van der Waals surface area contributed by atoms with Crippen LogP contribution in [0.1, 0.15) is 51.0 Å². The molecule has 1 fully saturated rings. The maximum Gasteiger partial charge on any atom is 0.224 e. The lowest BCUT2D eigenvalue weighted by molar-refractivity contribution is 0.312. The molecule has 0 spiro atoms. The average Bonchev–Trinajstić information content (AvgIpc) is 2.47. The molecule has 0 saturated heterocycles. The van der Waals surface area contributed by atoms with E-state index >= 15 is 0 Å². The van der Waals surface area contributed by atoms with Gasteiger partial charge in [-0.2, -0.15) is 4.98 Å². The first-order chi connectivity index (χ1) is 9.24. The second-order valence-corrected chi connectivity index (χ2v) is 5.53. The first kappa shape index (κ1) is 14.1. The molecule has 0 aromatic carbocycles. The van der Waals surface area contributed by atoms with Crippen molar-refractivity contribution >= 4 is 11.8 Å². The van der Waals surface area contributed by atoms with Gasteiger partial charge in [0.2, 0.25) is 5.95 Å². The Morgan fingerprint density at radius 1 is 1.32 bits per heavy atom. The summed E-state index contributed by atoms with van der Waals surface area (Å²) in [5.74, 6) is 2.47. The number of rotatable bonds is 5. The first-order valence-corrected chi connectivity index (χ1v) is 7.52. The monoisotopic (exact) mass is 262 g/mol. The van der Waals surface area contributed by atoms with Crippen LogP contribution in [0.15, 0.2) is 6.20 Å². The highest BCUT2D eigenvalue weighted by molar-refractivity contribution is 5.47. The molecule has 1 aliphatic carbocycles. The molecule has 1 heterocycles. The average molecular weight is 262 g/mol. The molecule has 1 atom stereocenters. The Labute approximate surface area is 116 Å². The van der Waals surface area contributed by atoms with Crippen LogP contribution in [0.25, 0.3) is 0 Å². The molecule has 1 saturated carbocycles. The van der Waals surface area contributed by atoms with Gasteiger partial charge in [0.25, 0.3) is 0 Å². The Kier molecular flexibility index (Phi) is 5.00. The van der Waals surface area contributed by atoms with Crippen molar-refractivity contribution in [2.24, 2.45) is 5.92 Å². The second kappa shape index (κ2) is 6.73. The fourth-order valence-corrected chi connectivity index (χ4v) is 2.97. The molecule has 106 valence electrons. The van der Waals surface area contributed by atoms with Crippen LogP contribution in [0.3, 0.4) is 0 Å². The van der Waals surface area contributed by atoms with Crippen molar-refractivity contribution in [3.05, 3.63) is 11.8 Å². The Hall–Kier alpha value is -1.32. The van der Waals surface area contributed by atoms with Gasteiger partial charge in [-0.1, -0.05) is 26.2 Å². The van der Waals surface area contributed by atoms with Gasteiger partial charge in [0, 0.05) is 24.8 Å². The van der Waals surface area contributed by atoms with E-state index in [1.165, 1.54) is 32.1 Å². The third-order valence-corrected chi connectivity index (χ3v) is 4.18. The Balaban J connectivity index is 2.08. The molecule has 2 N–H and O–H groups in total. The molecule has 2 rings (SSSR count). The van der Waals surface area contributed by atoms with Crippen LogP contribution in [0.2, 0.25) is 0 Å². The molecule has 1 aliphatic rings. The van der Waals surface area contributed by atoms with E-state index in [1.807, 2.05) is 13.2 Å². The summed E-state index contributed by atoms with van der Waals surface area (Å²) >= 11 is 0.